The second-order valence-corrected chi connectivity index (χ2v) is 6.32. The molecule has 5 heteroatoms. The minimum Gasteiger partial charge on any atom is -0.300 e. The second kappa shape index (κ2) is 4.96. The van der Waals surface area contributed by atoms with Crippen LogP contribution in [0, 0.1) is 0 Å². The van der Waals surface area contributed by atoms with Crippen LogP contribution in [0.2, 0.25) is 0 Å². The minimum absolute atomic E-state index is 0.395. The van der Waals surface area contributed by atoms with Crippen molar-refractivity contribution in [3.8, 4) is 0 Å². The smallest absolute Gasteiger partial charge is 0.0962 e. The molecule has 0 saturated carbocycles. The Labute approximate surface area is 104 Å². The third-order valence-corrected chi connectivity index (χ3v) is 5.12. The Kier molecular flexibility index (Phi) is 3.38. The highest BCUT2D eigenvalue weighted by molar-refractivity contribution is 8.00. The van der Waals surface area contributed by atoms with Gasteiger partial charge in [-0.05, 0) is 12.1 Å². The van der Waals surface area contributed by atoms with Crippen LogP contribution in [0.1, 0.15) is 22.1 Å². The first-order chi connectivity index (χ1) is 7.93. The summed E-state index contributed by atoms with van der Waals surface area (Å²) in [4.78, 5) is 4.77. The number of rotatable bonds is 2. The molecule has 1 aromatic heterocycles. The number of thioether (sulfide) groups is 2. The van der Waals surface area contributed by atoms with Gasteiger partial charge in [0.25, 0.3) is 0 Å². The van der Waals surface area contributed by atoms with Gasteiger partial charge in [-0.2, -0.15) is 0 Å². The molecule has 2 unspecified atom stereocenters. The first-order valence-corrected chi connectivity index (χ1v) is 7.70. The summed E-state index contributed by atoms with van der Waals surface area (Å²) in [6.07, 6.45) is 0. The highest BCUT2D eigenvalue weighted by atomic mass is 32.2. The van der Waals surface area contributed by atoms with Crippen LogP contribution in [0.25, 0.3) is 0 Å². The molecular weight excluding hydrogens is 238 g/mol. The molecule has 0 aromatic carbocycles. The second-order valence-electron chi connectivity index (χ2n) is 3.90. The van der Waals surface area contributed by atoms with E-state index < -0.39 is 0 Å². The van der Waals surface area contributed by atoms with Crippen LogP contribution in [0.4, 0.5) is 0 Å². The zero-order valence-corrected chi connectivity index (χ0v) is 10.6. The fraction of sp³-hybridized carbons (Fsp3) is 0.545. The summed E-state index contributed by atoms with van der Waals surface area (Å²) in [5.74, 6) is 2.38. The van der Waals surface area contributed by atoms with E-state index in [2.05, 4.69) is 28.8 Å². The Morgan fingerprint density at radius 1 is 1.00 bits per heavy atom. The zero-order valence-electron chi connectivity index (χ0n) is 8.98. The van der Waals surface area contributed by atoms with Crippen molar-refractivity contribution in [3.63, 3.8) is 0 Å². The van der Waals surface area contributed by atoms with Gasteiger partial charge in [0.05, 0.1) is 22.1 Å². The molecule has 0 aliphatic carbocycles. The summed E-state index contributed by atoms with van der Waals surface area (Å²) in [5, 5.41) is 7.72. The van der Waals surface area contributed by atoms with Crippen LogP contribution in [0.5, 0.6) is 0 Å². The molecule has 1 aromatic rings. The van der Waals surface area contributed by atoms with Gasteiger partial charge < -0.3 is 0 Å². The van der Waals surface area contributed by atoms with E-state index in [1.165, 1.54) is 22.9 Å². The van der Waals surface area contributed by atoms with E-state index in [4.69, 9.17) is 4.98 Å². The van der Waals surface area contributed by atoms with Crippen molar-refractivity contribution in [2.24, 2.45) is 0 Å². The summed E-state index contributed by atoms with van der Waals surface area (Å²) in [6.45, 7) is 2.19. The summed E-state index contributed by atoms with van der Waals surface area (Å²) >= 11 is 3.89. The average molecular weight is 253 g/mol. The van der Waals surface area contributed by atoms with E-state index in [1.54, 1.807) is 0 Å². The van der Waals surface area contributed by atoms with E-state index >= 15 is 0 Å². The maximum atomic E-state index is 4.77. The number of aromatic nitrogens is 1. The van der Waals surface area contributed by atoms with Gasteiger partial charge in [-0.3, -0.25) is 15.6 Å². The number of hydrogen-bond donors (Lipinski definition) is 2. The molecule has 3 heterocycles. The molecule has 0 spiro atoms. The van der Waals surface area contributed by atoms with E-state index in [-0.39, 0.29) is 0 Å². The number of hydrogen-bond acceptors (Lipinski definition) is 5. The molecule has 0 bridgehead atoms. The van der Waals surface area contributed by atoms with E-state index in [1.807, 2.05) is 23.5 Å². The molecule has 2 saturated heterocycles. The topological polar surface area (TPSA) is 37.0 Å². The Morgan fingerprint density at radius 2 is 1.56 bits per heavy atom. The van der Waals surface area contributed by atoms with Crippen molar-refractivity contribution in [2.75, 3.05) is 24.6 Å². The Bertz CT molecular complexity index is 329. The van der Waals surface area contributed by atoms with Crippen LogP contribution in [-0.4, -0.2) is 29.6 Å². The zero-order chi connectivity index (χ0) is 10.8. The van der Waals surface area contributed by atoms with Crippen LogP contribution >= 0.6 is 23.5 Å². The van der Waals surface area contributed by atoms with Crippen LogP contribution in [0.3, 0.4) is 0 Å². The Hall–Kier alpha value is -0.230. The number of nitrogens with zero attached hydrogens (tertiary/aromatic N) is 1. The highest BCUT2D eigenvalue weighted by Gasteiger charge is 2.21. The standard InChI is InChI=1S/C11H15N3S2/c1-2-8(10-12-4-6-15-10)14-9(3-1)11-13-5-7-16-11/h1-3,10-13H,4-7H2. The third-order valence-electron chi connectivity index (χ3n) is 2.76. The molecule has 16 heavy (non-hydrogen) atoms. The van der Waals surface area contributed by atoms with Crippen molar-refractivity contribution < 1.29 is 0 Å². The maximum absolute atomic E-state index is 4.77. The van der Waals surface area contributed by atoms with Gasteiger partial charge in [0, 0.05) is 24.6 Å². The van der Waals surface area contributed by atoms with Gasteiger partial charge in [0.15, 0.2) is 0 Å². The lowest BCUT2D eigenvalue weighted by Gasteiger charge is -2.13. The number of nitrogens with one attached hydrogen (secondary N) is 2. The molecular formula is C11H15N3S2. The normalized spacial score (nSPS) is 29.8. The predicted octanol–water partition coefficient (Wildman–Crippen LogP) is 1.75. The molecule has 2 atom stereocenters. The van der Waals surface area contributed by atoms with Gasteiger partial charge in [-0.1, -0.05) is 6.07 Å². The third kappa shape index (κ3) is 2.22. The van der Waals surface area contributed by atoms with Gasteiger partial charge in [0.1, 0.15) is 0 Å². The van der Waals surface area contributed by atoms with Crippen LogP contribution < -0.4 is 10.6 Å². The largest absolute Gasteiger partial charge is 0.300 e. The fourth-order valence-electron chi connectivity index (χ4n) is 1.99. The van der Waals surface area contributed by atoms with Crippen molar-refractivity contribution in [1.29, 1.82) is 0 Å². The van der Waals surface area contributed by atoms with E-state index in [0.717, 1.165) is 13.1 Å². The first-order valence-electron chi connectivity index (χ1n) is 5.60. The van der Waals surface area contributed by atoms with Crippen LogP contribution in [-0.2, 0) is 0 Å². The monoisotopic (exact) mass is 253 g/mol. The van der Waals surface area contributed by atoms with Gasteiger partial charge >= 0.3 is 0 Å². The SMILES string of the molecule is c1cc(C2NCCS2)nc(C2NCCS2)c1. The molecule has 3 nitrogen and oxygen atoms in total. The van der Waals surface area contributed by atoms with Crippen molar-refractivity contribution in [3.05, 3.63) is 29.6 Å². The lowest BCUT2D eigenvalue weighted by molar-refractivity contribution is 0.701. The molecule has 2 fully saturated rings. The van der Waals surface area contributed by atoms with Gasteiger partial charge in [0.2, 0.25) is 0 Å². The summed E-state index contributed by atoms with van der Waals surface area (Å²) < 4.78 is 0. The quantitative estimate of drug-likeness (QED) is 0.840. The van der Waals surface area contributed by atoms with Crippen molar-refractivity contribution >= 4 is 23.5 Å². The molecule has 86 valence electrons. The lowest BCUT2D eigenvalue weighted by atomic mass is 10.3. The van der Waals surface area contributed by atoms with E-state index in [9.17, 15) is 0 Å². The molecule has 2 aliphatic heterocycles. The molecule has 3 rings (SSSR count). The molecule has 0 amide bonds. The fourth-order valence-corrected chi connectivity index (χ4v) is 4.01. The summed E-state index contributed by atoms with van der Waals surface area (Å²) in [7, 11) is 0. The lowest BCUT2D eigenvalue weighted by Crippen LogP contribution is -2.17. The number of pyridine rings is 1. The average Bonchev–Trinajstić information content (AvgIpc) is 3.03. The summed E-state index contributed by atoms with van der Waals surface area (Å²) in [6, 6.07) is 6.37. The van der Waals surface area contributed by atoms with E-state index in [0.29, 0.717) is 10.7 Å². The van der Waals surface area contributed by atoms with Crippen molar-refractivity contribution in [2.45, 2.75) is 10.7 Å². The van der Waals surface area contributed by atoms with Crippen molar-refractivity contribution in [1.82, 2.24) is 15.6 Å². The molecule has 2 aliphatic rings. The van der Waals surface area contributed by atoms with Gasteiger partial charge in [-0.15, -0.1) is 23.5 Å². The Morgan fingerprint density at radius 3 is 2.00 bits per heavy atom. The highest BCUT2D eigenvalue weighted by Crippen LogP contribution is 2.32. The maximum Gasteiger partial charge on any atom is 0.0962 e. The van der Waals surface area contributed by atoms with Gasteiger partial charge in [-0.25, -0.2) is 0 Å². The minimum atomic E-state index is 0.395. The molecule has 0 radical (unpaired) electrons. The molecule has 2 N–H and O–H groups in total. The Balaban J connectivity index is 1.81. The summed E-state index contributed by atoms with van der Waals surface area (Å²) in [5.41, 5.74) is 2.35. The predicted molar refractivity (Wildman–Crippen MR) is 70.6 cm³/mol. The van der Waals surface area contributed by atoms with Crippen LogP contribution in [0.15, 0.2) is 18.2 Å². The first kappa shape index (κ1) is 10.9.